The number of thioether (sulfide) groups is 1. The first-order chi connectivity index (χ1) is 9.56. The van der Waals surface area contributed by atoms with Gasteiger partial charge in [-0.05, 0) is 19.1 Å². The Morgan fingerprint density at radius 3 is 2.95 bits per heavy atom. The normalized spacial score (nSPS) is 10.4. The SMILES string of the molecule is Cc1nc(SCC(=O)NCc2ccco2)sc1C(=O)O. The lowest BCUT2D eigenvalue weighted by molar-refractivity contribution is -0.118. The van der Waals surface area contributed by atoms with E-state index in [2.05, 4.69) is 10.3 Å². The fourth-order valence-electron chi connectivity index (χ4n) is 1.41. The van der Waals surface area contributed by atoms with Crippen molar-refractivity contribution in [3.05, 3.63) is 34.7 Å². The third kappa shape index (κ3) is 3.84. The Morgan fingerprint density at radius 2 is 2.35 bits per heavy atom. The van der Waals surface area contributed by atoms with E-state index in [1.807, 2.05) is 0 Å². The Kier molecular flexibility index (Phi) is 4.80. The maximum absolute atomic E-state index is 11.6. The molecular formula is C12H12N2O4S2. The predicted octanol–water partition coefficient (Wildman–Crippen LogP) is 2.15. The summed E-state index contributed by atoms with van der Waals surface area (Å²) >= 11 is 2.30. The topological polar surface area (TPSA) is 92.4 Å². The van der Waals surface area contributed by atoms with E-state index in [4.69, 9.17) is 9.52 Å². The van der Waals surface area contributed by atoms with Gasteiger partial charge in [0.15, 0.2) is 4.34 Å². The average Bonchev–Trinajstić information content (AvgIpc) is 3.03. The number of thiazole rings is 1. The maximum Gasteiger partial charge on any atom is 0.347 e. The highest BCUT2D eigenvalue weighted by molar-refractivity contribution is 8.01. The van der Waals surface area contributed by atoms with E-state index in [1.54, 1.807) is 25.3 Å². The summed E-state index contributed by atoms with van der Waals surface area (Å²) in [5.41, 5.74) is 0.473. The molecule has 2 heterocycles. The van der Waals surface area contributed by atoms with Gasteiger partial charge in [0.05, 0.1) is 24.3 Å². The number of rotatable bonds is 6. The molecule has 0 aromatic carbocycles. The van der Waals surface area contributed by atoms with Crippen molar-refractivity contribution in [3.63, 3.8) is 0 Å². The van der Waals surface area contributed by atoms with E-state index in [0.717, 1.165) is 11.3 Å². The molecule has 8 heteroatoms. The van der Waals surface area contributed by atoms with Crippen LogP contribution in [0.3, 0.4) is 0 Å². The number of furan rings is 1. The molecule has 0 aliphatic carbocycles. The van der Waals surface area contributed by atoms with Crippen molar-refractivity contribution < 1.29 is 19.1 Å². The fraction of sp³-hybridized carbons (Fsp3) is 0.250. The van der Waals surface area contributed by atoms with Crippen molar-refractivity contribution in [1.29, 1.82) is 0 Å². The van der Waals surface area contributed by atoms with Crippen molar-refractivity contribution in [2.24, 2.45) is 0 Å². The number of nitrogens with one attached hydrogen (secondary N) is 1. The summed E-state index contributed by atoms with van der Waals surface area (Å²) in [6.45, 7) is 1.98. The minimum absolute atomic E-state index is 0.156. The minimum Gasteiger partial charge on any atom is -0.477 e. The molecule has 2 aromatic rings. The Balaban J connectivity index is 1.81. The van der Waals surface area contributed by atoms with Gasteiger partial charge in [0.2, 0.25) is 5.91 Å². The van der Waals surface area contributed by atoms with Crippen LogP contribution in [0.5, 0.6) is 0 Å². The number of aromatic carboxylic acids is 1. The number of carboxylic acids is 1. The van der Waals surface area contributed by atoms with Crippen LogP contribution in [0.1, 0.15) is 21.1 Å². The molecule has 0 bridgehead atoms. The molecule has 0 aliphatic heterocycles. The zero-order chi connectivity index (χ0) is 14.5. The Morgan fingerprint density at radius 1 is 1.55 bits per heavy atom. The molecule has 0 saturated heterocycles. The maximum atomic E-state index is 11.6. The zero-order valence-electron chi connectivity index (χ0n) is 10.6. The van der Waals surface area contributed by atoms with Gasteiger partial charge in [0, 0.05) is 0 Å². The lowest BCUT2D eigenvalue weighted by Gasteiger charge is -2.01. The fourth-order valence-corrected chi connectivity index (χ4v) is 3.27. The second-order valence-corrected chi connectivity index (χ2v) is 6.07. The smallest absolute Gasteiger partial charge is 0.347 e. The van der Waals surface area contributed by atoms with Crippen molar-refractivity contribution in [1.82, 2.24) is 10.3 Å². The Bertz CT molecular complexity index is 607. The molecular weight excluding hydrogens is 300 g/mol. The number of carbonyl (C=O) groups excluding carboxylic acids is 1. The van der Waals surface area contributed by atoms with E-state index >= 15 is 0 Å². The van der Waals surface area contributed by atoms with Gasteiger partial charge in [0.1, 0.15) is 10.6 Å². The number of carboxylic acid groups (broad SMARTS) is 1. The standard InChI is InChI=1S/C12H12N2O4S2/c1-7-10(11(16)17)20-12(14-7)19-6-9(15)13-5-8-3-2-4-18-8/h2-4H,5-6H2,1H3,(H,13,15)(H,16,17). The number of aromatic nitrogens is 1. The number of amides is 1. The van der Waals surface area contributed by atoms with Crippen LogP contribution in [0.4, 0.5) is 0 Å². The Labute approximate surface area is 123 Å². The lowest BCUT2D eigenvalue weighted by Crippen LogP contribution is -2.24. The van der Waals surface area contributed by atoms with Crippen LogP contribution in [0.15, 0.2) is 27.2 Å². The molecule has 1 amide bonds. The molecule has 0 saturated carbocycles. The van der Waals surface area contributed by atoms with E-state index in [9.17, 15) is 9.59 Å². The van der Waals surface area contributed by atoms with Gasteiger partial charge in [-0.25, -0.2) is 9.78 Å². The molecule has 0 radical (unpaired) electrons. The summed E-state index contributed by atoms with van der Waals surface area (Å²) < 4.78 is 5.67. The highest BCUT2D eigenvalue weighted by Gasteiger charge is 2.15. The van der Waals surface area contributed by atoms with Crippen molar-refractivity contribution in [2.75, 3.05) is 5.75 Å². The van der Waals surface area contributed by atoms with Gasteiger partial charge in [-0.15, -0.1) is 11.3 Å². The zero-order valence-corrected chi connectivity index (χ0v) is 12.2. The first kappa shape index (κ1) is 14.6. The summed E-state index contributed by atoms with van der Waals surface area (Å²) in [4.78, 5) is 26.8. The minimum atomic E-state index is -0.992. The highest BCUT2D eigenvalue weighted by atomic mass is 32.2. The van der Waals surface area contributed by atoms with E-state index < -0.39 is 5.97 Å². The van der Waals surface area contributed by atoms with E-state index in [-0.39, 0.29) is 16.5 Å². The molecule has 2 rings (SSSR count). The van der Waals surface area contributed by atoms with Crippen LogP contribution in [0, 0.1) is 6.92 Å². The molecule has 0 aliphatic rings. The van der Waals surface area contributed by atoms with Gasteiger partial charge in [-0.2, -0.15) is 0 Å². The molecule has 0 unspecified atom stereocenters. The highest BCUT2D eigenvalue weighted by Crippen LogP contribution is 2.26. The van der Waals surface area contributed by atoms with Gasteiger partial charge in [-0.3, -0.25) is 4.79 Å². The number of carbonyl (C=O) groups is 2. The molecule has 2 N–H and O–H groups in total. The summed E-state index contributed by atoms with van der Waals surface area (Å²) in [6.07, 6.45) is 1.54. The Hall–Kier alpha value is -1.80. The van der Waals surface area contributed by atoms with Gasteiger partial charge >= 0.3 is 5.97 Å². The molecule has 6 nitrogen and oxygen atoms in total. The average molecular weight is 312 g/mol. The number of nitrogens with zero attached hydrogens (tertiary/aromatic N) is 1. The molecule has 2 aromatic heterocycles. The molecule has 0 spiro atoms. The van der Waals surface area contributed by atoms with Crippen molar-refractivity contribution >= 4 is 35.0 Å². The summed E-state index contributed by atoms with van der Waals surface area (Å²) in [6, 6.07) is 3.53. The molecule has 0 atom stereocenters. The largest absolute Gasteiger partial charge is 0.477 e. The molecule has 106 valence electrons. The van der Waals surface area contributed by atoms with E-state index in [1.165, 1.54) is 11.8 Å². The van der Waals surface area contributed by atoms with Crippen LogP contribution in [-0.2, 0) is 11.3 Å². The quantitative estimate of drug-likeness (QED) is 0.794. The molecule has 0 fully saturated rings. The van der Waals surface area contributed by atoms with Gasteiger partial charge in [0.25, 0.3) is 0 Å². The van der Waals surface area contributed by atoms with Crippen LogP contribution in [0.25, 0.3) is 0 Å². The third-order valence-electron chi connectivity index (χ3n) is 2.34. The van der Waals surface area contributed by atoms with Crippen molar-refractivity contribution in [3.8, 4) is 0 Å². The van der Waals surface area contributed by atoms with Crippen LogP contribution in [-0.4, -0.2) is 27.7 Å². The monoisotopic (exact) mass is 312 g/mol. The number of aryl methyl sites for hydroxylation is 1. The second kappa shape index (κ2) is 6.58. The number of hydrogen-bond donors (Lipinski definition) is 2. The lowest BCUT2D eigenvalue weighted by atomic mass is 10.4. The van der Waals surface area contributed by atoms with Crippen LogP contribution < -0.4 is 5.32 Å². The first-order valence-electron chi connectivity index (χ1n) is 5.69. The van der Waals surface area contributed by atoms with E-state index in [0.29, 0.717) is 22.3 Å². The van der Waals surface area contributed by atoms with Crippen LogP contribution in [0.2, 0.25) is 0 Å². The van der Waals surface area contributed by atoms with Crippen molar-refractivity contribution in [2.45, 2.75) is 17.8 Å². The van der Waals surface area contributed by atoms with Gasteiger partial charge in [-0.1, -0.05) is 11.8 Å². The summed E-state index contributed by atoms with van der Waals surface area (Å²) in [7, 11) is 0. The second-order valence-electron chi connectivity index (χ2n) is 3.84. The summed E-state index contributed by atoms with van der Waals surface area (Å²) in [5, 5.41) is 11.6. The summed E-state index contributed by atoms with van der Waals surface area (Å²) in [5.74, 6) is -0.279. The first-order valence-corrected chi connectivity index (χ1v) is 7.49. The van der Waals surface area contributed by atoms with Crippen LogP contribution >= 0.6 is 23.1 Å². The predicted molar refractivity (Wildman–Crippen MR) is 75.1 cm³/mol. The van der Waals surface area contributed by atoms with Gasteiger partial charge < -0.3 is 14.8 Å². The number of hydrogen-bond acceptors (Lipinski definition) is 6. The molecule has 20 heavy (non-hydrogen) atoms. The third-order valence-corrected chi connectivity index (χ3v) is 4.63.